The van der Waals surface area contributed by atoms with Crippen LogP contribution >= 0.6 is 0 Å². The maximum Gasteiger partial charge on any atom is 0.137 e. The molecule has 42 heavy (non-hydrogen) atoms. The molecular formula is C30H34F4N6O2. The first-order chi connectivity index (χ1) is 20.3. The third kappa shape index (κ3) is 6.39. The molecule has 0 aliphatic carbocycles. The molecule has 12 heteroatoms. The molecule has 0 N–H and O–H groups in total. The predicted octanol–water partition coefficient (Wildman–Crippen LogP) is 5.80. The van der Waals surface area contributed by atoms with Crippen LogP contribution in [0.5, 0.6) is 0 Å². The molecule has 0 amide bonds. The Hall–Kier alpha value is -3.64. The highest BCUT2D eigenvalue weighted by atomic mass is 19.1. The number of aromatic nitrogens is 6. The maximum absolute atomic E-state index is 14.2. The van der Waals surface area contributed by atoms with Crippen molar-refractivity contribution in [3.63, 3.8) is 0 Å². The highest BCUT2D eigenvalue weighted by Gasteiger charge is 2.45. The second-order valence-electron chi connectivity index (χ2n) is 11.0. The lowest BCUT2D eigenvalue weighted by Crippen LogP contribution is -2.32. The van der Waals surface area contributed by atoms with Gasteiger partial charge < -0.3 is 9.47 Å². The molecular weight excluding hydrogens is 552 g/mol. The molecule has 4 aromatic rings. The second kappa shape index (κ2) is 12.7. The van der Waals surface area contributed by atoms with Crippen LogP contribution in [0.1, 0.15) is 50.7 Å². The zero-order valence-corrected chi connectivity index (χ0v) is 23.6. The zero-order valence-electron chi connectivity index (χ0n) is 23.6. The van der Waals surface area contributed by atoms with Gasteiger partial charge in [0.2, 0.25) is 0 Å². The molecule has 2 fully saturated rings. The van der Waals surface area contributed by atoms with Gasteiger partial charge in [0.15, 0.2) is 0 Å². The molecule has 0 bridgehead atoms. The van der Waals surface area contributed by atoms with Gasteiger partial charge in [-0.15, -0.1) is 0 Å². The van der Waals surface area contributed by atoms with Gasteiger partial charge in [-0.2, -0.15) is 10.2 Å². The van der Waals surface area contributed by atoms with E-state index < -0.39 is 34.5 Å². The van der Waals surface area contributed by atoms with Gasteiger partial charge in [-0.3, -0.25) is 0 Å². The molecule has 224 valence electrons. The van der Waals surface area contributed by atoms with Crippen LogP contribution in [0, 0.1) is 35.1 Å². The van der Waals surface area contributed by atoms with E-state index in [1.807, 2.05) is 0 Å². The van der Waals surface area contributed by atoms with Crippen LogP contribution in [0.15, 0.2) is 61.7 Å². The maximum atomic E-state index is 14.2. The van der Waals surface area contributed by atoms with E-state index in [9.17, 15) is 17.6 Å². The van der Waals surface area contributed by atoms with Crippen LogP contribution in [0.2, 0.25) is 0 Å². The average molecular weight is 587 g/mol. The van der Waals surface area contributed by atoms with Gasteiger partial charge in [0.1, 0.15) is 59.8 Å². The monoisotopic (exact) mass is 586 g/mol. The summed E-state index contributed by atoms with van der Waals surface area (Å²) < 4.78 is 70.0. The number of benzene rings is 2. The SMILES string of the molecule is CC[C@@H]1CO[C@@](Cn2cncn2)(c2ccc(F)cc2F)C1.CC[C@@H]1CO[C@](Cn2cncn2)(c2ccc(F)cc2F)C1. The average Bonchev–Trinajstić information content (AvgIpc) is 3.78. The Kier molecular flexibility index (Phi) is 9.02. The van der Waals surface area contributed by atoms with Crippen LogP contribution in [-0.2, 0) is 33.8 Å². The van der Waals surface area contributed by atoms with Crippen molar-refractivity contribution in [1.82, 2.24) is 29.5 Å². The molecule has 2 aliphatic rings. The molecule has 2 saturated heterocycles. The van der Waals surface area contributed by atoms with Gasteiger partial charge in [-0.1, -0.05) is 38.8 Å². The Bertz CT molecular complexity index is 1340. The van der Waals surface area contributed by atoms with E-state index in [4.69, 9.17) is 9.47 Å². The quantitative estimate of drug-likeness (QED) is 0.243. The van der Waals surface area contributed by atoms with Crippen molar-refractivity contribution in [2.45, 2.75) is 63.8 Å². The van der Waals surface area contributed by atoms with Gasteiger partial charge in [0, 0.05) is 23.3 Å². The van der Waals surface area contributed by atoms with E-state index in [1.165, 1.54) is 36.9 Å². The first-order valence-electron chi connectivity index (χ1n) is 14.1. The molecule has 0 saturated carbocycles. The summed E-state index contributed by atoms with van der Waals surface area (Å²) in [7, 11) is 0. The van der Waals surface area contributed by atoms with Gasteiger partial charge in [0.05, 0.1) is 26.3 Å². The largest absolute Gasteiger partial charge is 0.368 e. The molecule has 2 aromatic carbocycles. The van der Waals surface area contributed by atoms with Gasteiger partial charge >= 0.3 is 0 Å². The van der Waals surface area contributed by atoms with Crippen LogP contribution < -0.4 is 0 Å². The van der Waals surface area contributed by atoms with E-state index in [1.54, 1.807) is 22.0 Å². The lowest BCUT2D eigenvalue weighted by atomic mass is 9.86. The number of halogens is 4. The van der Waals surface area contributed by atoms with Gasteiger partial charge in [0.25, 0.3) is 0 Å². The Balaban J connectivity index is 0.000000168. The predicted molar refractivity (Wildman–Crippen MR) is 145 cm³/mol. The molecule has 2 aliphatic heterocycles. The summed E-state index contributed by atoms with van der Waals surface area (Å²) in [4.78, 5) is 7.81. The Morgan fingerprint density at radius 1 is 0.714 bits per heavy atom. The lowest BCUT2D eigenvalue weighted by Gasteiger charge is -2.29. The highest BCUT2D eigenvalue weighted by Crippen LogP contribution is 2.43. The van der Waals surface area contributed by atoms with E-state index in [0.29, 0.717) is 62.1 Å². The van der Waals surface area contributed by atoms with Crippen LogP contribution in [0.3, 0.4) is 0 Å². The topological polar surface area (TPSA) is 79.9 Å². The Morgan fingerprint density at radius 2 is 1.14 bits per heavy atom. The third-order valence-electron chi connectivity index (χ3n) is 8.19. The molecule has 0 radical (unpaired) electrons. The third-order valence-corrected chi connectivity index (χ3v) is 8.19. The van der Waals surface area contributed by atoms with E-state index in [-0.39, 0.29) is 0 Å². The Labute approximate surface area is 241 Å². The van der Waals surface area contributed by atoms with Crippen molar-refractivity contribution >= 4 is 0 Å². The van der Waals surface area contributed by atoms with Crippen molar-refractivity contribution in [3.05, 3.63) is 96.1 Å². The fourth-order valence-corrected chi connectivity index (χ4v) is 5.88. The highest BCUT2D eigenvalue weighted by molar-refractivity contribution is 5.27. The standard InChI is InChI=1S/2C15H17F2N3O/c2*1-2-11-6-15(21-7-11,8-20-10-18-9-19-20)13-4-3-12(16)5-14(13)17/h2*3-5,9-11H,2,6-8H2,1H3/t11-,15+;11-,15-/m00/s1. The van der Waals surface area contributed by atoms with Crippen molar-refractivity contribution < 1.29 is 27.0 Å². The molecule has 4 heterocycles. The summed E-state index contributed by atoms with van der Waals surface area (Å²) in [5.74, 6) is -1.61. The van der Waals surface area contributed by atoms with E-state index >= 15 is 0 Å². The first-order valence-corrected chi connectivity index (χ1v) is 14.1. The number of hydrogen-bond acceptors (Lipinski definition) is 6. The van der Waals surface area contributed by atoms with Crippen LogP contribution in [0.25, 0.3) is 0 Å². The van der Waals surface area contributed by atoms with Crippen LogP contribution in [0.4, 0.5) is 17.6 Å². The molecule has 8 nitrogen and oxygen atoms in total. The Morgan fingerprint density at radius 3 is 1.45 bits per heavy atom. The van der Waals surface area contributed by atoms with Crippen molar-refractivity contribution in [2.75, 3.05) is 13.2 Å². The molecule has 2 aromatic heterocycles. The number of nitrogens with zero attached hydrogens (tertiary/aromatic N) is 6. The lowest BCUT2D eigenvalue weighted by molar-refractivity contribution is -0.0206. The molecule has 0 spiro atoms. The van der Waals surface area contributed by atoms with Crippen molar-refractivity contribution in [3.8, 4) is 0 Å². The summed E-state index contributed by atoms with van der Waals surface area (Å²) in [6.45, 7) is 6.04. The smallest absolute Gasteiger partial charge is 0.137 e. The van der Waals surface area contributed by atoms with E-state index in [2.05, 4.69) is 34.0 Å². The first kappa shape index (κ1) is 29.8. The molecule has 6 rings (SSSR count). The fourth-order valence-electron chi connectivity index (χ4n) is 5.88. The second-order valence-corrected chi connectivity index (χ2v) is 11.0. The minimum Gasteiger partial charge on any atom is -0.368 e. The van der Waals surface area contributed by atoms with E-state index in [0.717, 1.165) is 25.0 Å². The van der Waals surface area contributed by atoms with Gasteiger partial charge in [-0.25, -0.2) is 36.9 Å². The van der Waals surface area contributed by atoms with Gasteiger partial charge in [-0.05, 0) is 36.8 Å². The normalized spacial score (nSPS) is 25.4. The molecule has 0 unspecified atom stereocenters. The summed E-state index contributed by atoms with van der Waals surface area (Å²) in [5.41, 5.74) is -0.857. The molecule has 4 atom stereocenters. The van der Waals surface area contributed by atoms with Crippen molar-refractivity contribution in [1.29, 1.82) is 0 Å². The minimum absolute atomic E-state index is 0.359. The number of hydrogen-bond donors (Lipinski definition) is 0. The zero-order chi connectivity index (χ0) is 29.7. The summed E-state index contributed by atoms with van der Waals surface area (Å²) >= 11 is 0. The fraction of sp³-hybridized carbons (Fsp3) is 0.467. The summed E-state index contributed by atoms with van der Waals surface area (Å²) in [6, 6.07) is 7.29. The van der Waals surface area contributed by atoms with Crippen molar-refractivity contribution in [2.24, 2.45) is 11.8 Å². The number of ether oxygens (including phenoxy) is 2. The van der Waals surface area contributed by atoms with Crippen LogP contribution in [-0.4, -0.2) is 42.7 Å². The summed E-state index contributed by atoms with van der Waals surface area (Å²) in [6.07, 6.45) is 9.31. The minimum atomic E-state index is -0.813. The summed E-state index contributed by atoms with van der Waals surface area (Å²) in [5, 5.41) is 8.15. The number of rotatable bonds is 8.